The Balaban J connectivity index is 1.18. The van der Waals surface area contributed by atoms with Gasteiger partial charge >= 0.3 is 0 Å². The van der Waals surface area contributed by atoms with E-state index in [1.807, 2.05) is 0 Å². The van der Waals surface area contributed by atoms with Gasteiger partial charge in [-0.25, -0.2) is 0 Å². The van der Waals surface area contributed by atoms with E-state index in [2.05, 4.69) is 209 Å². The van der Waals surface area contributed by atoms with Crippen LogP contribution in [0.3, 0.4) is 0 Å². The van der Waals surface area contributed by atoms with Crippen molar-refractivity contribution < 1.29 is 0 Å². The van der Waals surface area contributed by atoms with Gasteiger partial charge in [-0.1, -0.05) is 163 Å². The molecule has 0 aromatic heterocycles. The van der Waals surface area contributed by atoms with Gasteiger partial charge in [0.15, 0.2) is 0 Å². The lowest BCUT2D eigenvalue weighted by atomic mass is 9.60. The SMILES string of the molecule is CC1(C)c2cccc3c2N2c4c1cccc4C(C)(C)c1cc(-c4ccc(N(c5ccccc5)c5cccc6ccccc56)c5ccccc45)cc(c12)C3(C)C. The van der Waals surface area contributed by atoms with Gasteiger partial charge in [0.25, 0.3) is 0 Å². The Bertz CT molecular complexity index is 2820. The van der Waals surface area contributed by atoms with Crippen molar-refractivity contribution in [2.24, 2.45) is 0 Å². The van der Waals surface area contributed by atoms with Crippen LogP contribution in [0, 0.1) is 0 Å². The lowest BCUT2D eigenvalue weighted by molar-refractivity contribution is 0.567. The molecule has 0 fully saturated rings. The fraction of sp³-hybridized carbons (Fsp3) is 0.170. The second-order valence-corrected chi connectivity index (χ2v) is 17.4. The molecule has 0 atom stereocenters. The molecule has 0 saturated carbocycles. The van der Waals surface area contributed by atoms with Gasteiger partial charge in [-0.2, -0.15) is 0 Å². The molecule has 0 aliphatic carbocycles. The molecule has 2 heteroatoms. The molecule has 11 rings (SSSR count). The number of rotatable bonds is 4. The van der Waals surface area contributed by atoms with E-state index in [0.29, 0.717) is 0 Å². The van der Waals surface area contributed by atoms with E-state index in [-0.39, 0.29) is 16.2 Å². The molecule has 0 N–H and O–H groups in total. The van der Waals surface area contributed by atoms with Gasteiger partial charge in [-0.3, -0.25) is 0 Å². The lowest BCUT2D eigenvalue weighted by Crippen LogP contribution is -2.43. The van der Waals surface area contributed by atoms with E-state index >= 15 is 0 Å². The average molecular weight is 709 g/mol. The molecular weight excluding hydrogens is 665 g/mol. The average Bonchev–Trinajstić information content (AvgIpc) is 3.20. The van der Waals surface area contributed by atoms with Gasteiger partial charge in [0.05, 0.1) is 28.4 Å². The van der Waals surface area contributed by atoms with E-state index < -0.39 is 0 Å². The molecule has 3 aliphatic heterocycles. The van der Waals surface area contributed by atoms with E-state index in [1.165, 1.54) is 94.5 Å². The van der Waals surface area contributed by atoms with Gasteiger partial charge in [0.1, 0.15) is 0 Å². The zero-order chi connectivity index (χ0) is 37.4. The van der Waals surface area contributed by atoms with Crippen LogP contribution in [0.25, 0.3) is 32.7 Å². The maximum atomic E-state index is 2.66. The highest BCUT2D eigenvalue weighted by atomic mass is 15.2. The number of fused-ring (bicyclic) bond motifs is 2. The Morgan fingerprint density at radius 2 is 0.836 bits per heavy atom. The minimum Gasteiger partial charge on any atom is -0.309 e. The number of para-hydroxylation sites is 3. The van der Waals surface area contributed by atoms with Gasteiger partial charge in [-0.05, 0) is 91.7 Å². The number of benzene rings is 8. The summed E-state index contributed by atoms with van der Waals surface area (Å²) in [6.07, 6.45) is 0. The summed E-state index contributed by atoms with van der Waals surface area (Å²) in [5.41, 5.74) is 18.1. The summed E-state index contributed by atoms with van der Waals surface area (Å²) >= 11 is 0. The van der Waals surface area contributed by atoms with Crippen LogP contribution in [-0.4, -0.2) is 0 Å². The fourth-order valence-corrected chi connectivity index (χ4v) is 10.5. The number of anilines is 6. The Kier molecular flexibility index (Phi) is 6.45. The molecule has 0 unspecified atom stereocenters. The van der Waals surface area contributed by atoms with Crippen molar-refractivity contribution >= 4 is 55.7 Å². The van der Waals surface area contributed by atoms with Crippen LogP contribution >= 0.6 is 0 Å². The molecule has 8 aromatic carbocycles. The molecular formula is C53H44N2. The van der Waals surface area contributed by atoms with Crippen LogP contribution in [0.1, 0.15) is 74.9 Å². The summed E-state index contributed by atoms with van der Waals surface area (Å²) in [7, 11) is 0. The van der Waals surface area contributed by atoms with Crippen molar-refractivity contribution in [3.8, 4) is 11.1 Å². The van der Waals surface area contributed by atoms with Crippen LogP contribution < -0.4 is 9.80 Å². The molecule has 2 nitrogen and oxygen atoms in total. The first-order valence-electron chi connectivity index (χ1n) is 19.7. The predicted molar refractivity (Wildman–Crippen MR) is 233 cm³/mol. The van der Waals surface area contributed by atoms with Crippen LogP contribution in [0.2, 0.25) is 0 Å². The Labute approximate surface area is 324 Å². The summed E-state index contributed by atoms with van der Waals surface area (Å²) in [6.45, 7) is 14.6. The van der Waals surface area contributed by atoms with Crippen molar-refractivity contribution in [3.63, 3.8) is 0 Å². The van der Waals surface area contributed by atoms with Crippen molar-refractivity contribution in [1.29, 1.82) is 0 Å². The summed E-state index contributed by atoms with van der Waals surface area (Å²) in [5.74, 6) is 0. The fourth-order valence-electron chi connectivity index (χ4n) is 10.5. The van der Waals surface area contributed by atoms with E-state index in [1.54, 1.807) is 0 Å². The molecule has 0 spiro atoms. The lowest BCUT2D eigenvalue weighted by Gasteiger charge is -2.55. The maximum Gasteiger partial charge on any atom is 0.0544 e. The molecule has 0 amide bonds. The van der Waals surface area contributed by atoms with E-state index in [4.69, 9.17) is 0 Å². The molecule has 0 saturated heterocycles. The molecule has 55 heavy (non-hydrogen) atoms. The predicted octanol–water partition coefficient (Wildman–Crippen LogP) is 14.5. The summed E-state index contributed by atoms with van der Waals surface area (Å²) in [4.78, 5) is 5.10. The van der Waals surface area contributed by atoms with Gasteiger partial charge < -0.3 is 9.80 Å². The van der Waals surface area contributed by atoms with Crippen LogP contribution in [0.4, 0.5) is 34.1 Å². The Morgan fingerprint density at radius 1 is 0.382 bits per heavy atom. The highest BCUT2D eigenvalue weighted by Gasteiger charge is 2.51. The molecule has 266 valence electrons. The topological polar surface area (TPSA) is 6.48 Å². The second kappa shape index (κ2) is 11.0. The smallest absolute Gasteiger partial charge is 0.0544 e. The highest BCUT2D eigenvalue weighted by Crippen LogP contribution is 2.66. The number of hydrogen-bond donors (Lipinski definition) is 0. The van der Waals surface area contributed by atoms with Crippen molar-refractivity contribution in [3.05, 3.63) is 191 Å². The quantitative estimate of drug-likeness (QED) is 0.180. The normalized spacial score (nSPS) is 16.2. The third-order valence-corrected chi connectivity index (χ3v) is 13.4. The standard InChI is InChI=1S/C53H44N2/c1-51(2)40-24-15-26-42-48(40)55-49-41(51)25-16-27-43(49)53(5,6)45-32-34(31-44(50(45)55)52(42,3)4)36-29-30-47(39-23-13-12-22-38(36)39)54(35-19-8-7-9-20-35)46-28-14-18-33-17-10-11-21-37(33)46/h7-32H,1-6H3. The zero-order valence-electron chi connectivity index (χ0n) is 32.4. The zero-order valence-corrected chi connectivity index (χ0v) is 32.4. The van der Waals surface area contributed by atoms with E-state index in [0.717, 1.165) is 5.69 Å². The second-order valence-electron chi connectivity index (χ2n) is 17.4. The number of nitrogens with zero attached hydrogens (tertiary/aromatic N) is 2. The van der Waals surface area contributed by atoms with Crippen LogP contribution in [-0.2, 0) is 16.2 Å². The molecule has 0 radical (unpaired) electrons. The largest absolute Gasteiger partial charge is 0.309 e. The molecule has 8 aromatic rings. The van der Waals surface area contributed by atoms with Crippen molar-refractivity contribution in [1.82, 2.24) is 0 Å². The monoisotopic (exact) mass is 708 g/mol. The van der Waals surface area contributed by atoms with Crippen LogP contribution in [0.15, 0.2) is 158 Å². The third-order valence-electron chi connectivity index (χ3n) is 13.4. The molecule has 3 heterocycles. The Hall–Kier alpha value is -6.12. The van der Waals surface area contributed by atoms with E-state index in [9.17, 15) is 0 Å². The summed E-state index contributed by atoms with van der Waals surface area (Å²) in [5, 5.41) is 4.94. The van der Waals surface area contributed by atoms with Gasteiger partial charge in [0.2, 0.25) is 0 Å². The third kappa shape index (κ3) is 4.20. The minimum absolute atomic E-state index is 0.103. The first kappa shape index (κ1) is 32.3. The highest BCUT2D eigenvalue weighted by molar-refractivity contribution is 6.09. The summed E-state index contributed by atoms with van der Waals surface area (Å²) in [6, 6.07) is 59.0. The Morgan fingerprint density at radius 3 is 1.45 bits per heavy atom. The molecule has 3 aliphatic rings. The van der Waals surface area contributed by atoms with Crippen LogP contribution in [0.5, 0.6) is 0 Å². The van der Waals surface area contributed by atoms with Crippen molar-refractivity contribution in [2.45, 2.75) is 57.8 Å². The minimum atomic E-state index is -0.202. The number of hydrogen-bond acceptors (Lipinski definition) is 2. The summed E-state index contributed by atoms with van der Waals surface area (Å²) < 4.78 is 0. The van der Waals surface area contributed by atoms with Gasteiger partial charge in [-0.15, -0.1) is 0 Å². The van der Waals surface area contributed by atoms with Gasteiger partial charge in [0, 0.05) is 32.7 Å². The first-order chi connectivity index (χ1) is 26.6. The molecule has 0 bridgehead atoms. The first-order valence-corrected chi connectivity index (χ1v) is 19.7. The maximum absolute atomic E-state index is 2.66. The van der Waals surface area contributed by atoms with Crippen molar-refractivity contribution in [2.75, 3.05) is 9.80 Å².